The molecule has 1 aliphatic heterocycles. The van der Waals surface area contributed by atoms with Crippen LogP contribution >= 0.6 is 11.8 Å². The minimum absolute atomic E-state index is 0.0197. The molecule has 5 rings (SSSR count). The van der Waals surface area contributed by atoms with Gasteiger partial charge in [0.1, 0.15) is 11.5 Å². The third kappa shape index (κ3) is 8.08. The van der Waals surface area contributed by atoms with Gasteiger partial charge < -0.3 is 16.0 Å². The van der Waals surface area contributed by atoms with Crippen molar-refractivity contribution >= 4 is 58.7 Å². The van der Waals surface area contributed by atoms with Gasteiger partial charge in [-0.3, -0.25) is 19.2 Å². The minimum atomic E-state index is -0.480. The SMILES string of the molecule is Cc1cccc(/C=C(\NC(=O)c2ccccc2)C(=O)Nc2ccc(SCC(=O)NC3=NN(c4ccccc4)C(=O)C3)cc2)c1. The normalized spacial score (nSPS) is 12.8. The number of amidine groups is 1. The molecule has 0 saturated carbocycles. The molecule has 0 aromatic heterocycles. The van der Waals surface area contributed by atoms with Crippen molar-refractivity contribution in [3.05, 3.63) is 132 Å². The van der Waals surface area contributed by atoms with Crippen LogP contribution < -0.4 is 21.0 Å². The molecule has 44 heavy (non-hydrogen) atoms. The number of benzene rings is 4. The fraction of sp³-hybridized carbons (Fsp3) is 0.0882. The van der Waals surface area contributed by atoms with E-state index in [1.54, 1.807) is 66.7 Å². The number of nitrogens with one attached hydrogen (secondary N) is 3. The lowest BCUT2D eigenvalue weighted by Gasteiger charge is -2.12. The number of amides is 4. The Balaban J connectivity index is 1.18. The number of carbonyl (C=O) groups is 4. The molecule has 0 saturated heterocycles. The number of thioether (sulfide) groups is 1. The second-order valence-corrected chi connectivity index (χ2v) is 10.9. The summed E-state index contributed by atoms with van der Waals surface area (Å²) in [6, 6.07) is 32.3. The van der Waals surface area contributed by atoms with Crippen LogP contribution in [0.15, 0.2) is 125 Å². The molecule has 1 aliphatic rings. The van der Waals surface area contributed by atoms with E-state index < -0.39 is 11.8 Å². The topological polar surface area (TPSA) is 120 Å². The van der Waals surface area contributed by atoms with Crippen LogP contribution in [0.3, 0.4) is 0 Å². The van der Waals surface area contributed by atoms with E-state index in [0.717, 1.165) is 16.0 Å². The largest absolute Gasteiger partial charge is 0.321 e. The quantitative estimate of drug-likeness (QED) is 0.176. The summed E-state index contributed by atoms with van der Waals surface area (Å²) in [5.74, 6) is -0.963. The van der Waals surface area contributed by atoms with E-state index >= 15 is 0 Å². The van der Waals surface area contributed by atoms with Crippen LogP contribution in [0.2, 0.25) is 0 Å². The van der Waals surface area contributed by atoms with Gasteiger partial charge in [-0.05, 0) is 67.1 Å². The molecule has 0 radical (unpaired) electrons. The Kier molecular flexibility index (Phi) is 9.63. The molecule has 4 amide bonds. The highest BCUT2D eigenvalue weighted by Gasteiger charge is 2.26. The van der Waals surface area contributed by atoms with Gasteiger partial charge in [0.15, 0.2) is 0 Å². The van der Waals surface area contributed by atoms with Crippen LogP contribution in [0, 0.1) is 6.92 Å². The molecule has 0 bridgehead atoms. The van der Waals surface area contributed by atoms with Gasteiger partial charge in [0.2, 0.25) is 5.91 Å². The van der Waals surface area contributed by atoms with Crippen molar-refractivity contribution in [3.8, 4) is 0 Å². The molecular weight excluding hydrogens is 574 g/mol. The van der Waals surface area contributed by atoms with E-state index in [9.17, 15) is 19.2 Å². The molecule has 9 nitrogen and oxygen atoms in total. The lowest BCUT2D eigenvalue weighted by Crippen LogP contribution is -2.31. The fourth-order valence-corrected chi connectivity index (χ4v) is 5.02. The summed E-state index contributed by atoms with van der Waals surface area (Å²) in [5, 5.41) is 13.8. The Hall–Kier alpha value is -5.48. The summed E-state index contributed by atoms with van der Waals surface area (Å²) < 4.78 is 0. The van der Waals surface area contributed by atoms with E-state index in [4.69, 9.17) is 0 Å². The number of hydrogen-bond donors (Lipinski definition) is 3. The first-order valence-electron chi connectivity index (χ1n) is 13.8. The van der Waals surface area contributed by atoms with E-state index in [0.29, 0.717) is 22.8 Å². The number of carbonyl (C=O) groups excluding carboxylic acids is 4. The summed E-state index contributed by atoms with van der Waals surface area (Å²) in [5.41, 5.74) is 3.48. The Morgan fingerprint density at radius 1 is 0.864 bits per heavy atom. The molecule has 4 aromatic carbocycles. The zero-order chi connectivity index (χ0) is 30.9. The van der Waals surface area contributed by atoms with Crippen molar-refractivity contribution in [3.63, 3.8) is 0 Å². The molecule has 0 atom stereocenters. The van der Waals surface area contributed by atoms with Crippen LogP contribution in [-0.2, 0) is 14.4 Å². The second kappa shape index (κ2) is 14.1. The van der Waals surface area contributed by atoms with Gasteiger partial charge in [-0.25, -0.2) is 0 Å². The lowest BCUT2D eigenvalue weighted by molar-refractivity contribution is -0.117. The third-order valence-corrected chi connectivity index (χ3v) is 7.44. The molecule has 1 heterocycles. The standard InChI is InChI=1S/C34H29N5O4S/c1-23-9-8-10-24(19-23)20-29(36-33(42)25-11-4-2-5-12-25)34(43)35-26-15-17-28(18-16-26)44-22-31(40)37-30-21-32(41)39(38-30)27-13-6-3-7-14-27/h2-20H,21-22H2,1H3,(H,35,43)(H,36,42)(H,37,38,40)/b29-20-. The van der Waals surface area contributed by atoms with Crippen LogP contribution in [0.25, 0.3) is 6.08 Å². The molecule has 220 valence electrons. The maximum absolute atomic E-state index is 13.3. The Labute approximate surface area is 259 Å². The van der Waals surface area contributed by atoms with Crippen molar-refractivity contribution in [1.29, 1.82) is 0 Å². The van der Waals surface area contributed by atoms with E-state index in [1.165, 1.54) is 16.8 Å². The number of rotatable bonds is 9. The summed E-state index contributed by atoms with van der Waals surface area (Å²) in [4.78, 5) is 51.8. The second-order valence-electron chi connectivity index (χ2n) is 9.87. The smallest absolute Gasteiger partial charge is 0.272 e. The van der Waals surface area contributed by atoms with Crippen LogP contribution in [0.5, 0.6) is 0 Å². The van der Waals surface area contributed by atoms with Crippen LogP contribution in [-0.4, -0.2) is 35.2 Å². The van der Waals surface area contributed by atoms with Gasteiger partial charge in [0.25, 0.3) is 17.7 Å². The summed E-state index contributed by atoms with van der Waals surface area (Å²) in [6.45, 7) is 1.95. The fourth-order valence-electron chi connectivity index (χ4n) is 4.32. The summed E-state index contributed by atoms with van der Waals surface area (Å²) in [6.07, 6.45) is 1.65. The van der Waals surface area contributed by atoms with Crippen LogP contribution in [0.1, 0.15) is 27.9 Å². The molecule has 0 aliphatic carbocycles. The Morgan fingerprint density at radius 2 is 1.57 bits per heavy atom. The first-order valence-corrected chi connectivity index (χ1v) is 14.8. The number of anilines is 2. The number of para-hydroxylation sites is 1. The van der Waals surface area contributed by atoms with Gasteiger partial charge in [-0.1, -0.05) is 66.2 Å². The maximum atomic E-state index is 13.3. The predicted molar refractivity (Wildman–Crippen MR) is 173 cm³/mol. The van der Waals surface area contributed by atoms with Crippen molar-refractivity contribution < 1.29 is 19.2 Å². The molecule has 0 unspecified atom stereocenters. The minimum Gasteiger partial charge on any atom is -0.321 e. The first kappa shape index (κ1) is 30.0. The average Bonchev–Trinajstić information content (AvgIpc) is 3.40. The molecule has 10 heteroatoms. The zero-order valence-corrected chi connectivity index (χ0v) is 24.6. The van der Waals surface area contributed by atoms with Crippen molar-refractivity contribution in [2.24, 2.45) is 5.10 Å². The highest BCUT2D eigenvalue weighted by Crippen LogP contribution is 2.22. The number of hydrogen-bond acceptors (Lipinski definition) is 6. The van der Waals surface area contributed by atoms with Crippen molar-refractivity contribution in [2.75, 3.05) is 16.1 Å². The van der Waals surface area contributed by atoms with Gasteiger partial charge in [-0.15, -0.1) is 11.8 Å². The third-order valence-electron chi connectivity index (χ3n) is 6.42. The number of aryl methyl sites for hydroxylation is 1. The number of nitrogens with zero attached hydrogens (tertiary/aromatic N) is 2. The highest BCUT2D eigenvalue weighted by molar-refractivity contribution is 8.00. The summed E-state index contributed by atoms with van der Waals surface area (Å²) in [7, 11) is 0. The maximum Gasteiger partial charge on any atom is 0.272 e. The van der Waals surface area contributed by atoms with E-state index in [2.05, 4.69) is 21.1 Å². The average molecular weight is 604 g/mol. The lowest BCUT2D eigenvalue weighted by atomic mass is 10.1. The molecule has 0 fully saturated rings. The molecule has 0 spiro atoms. The molecule has 3 N–H and O–H groups in total. The van der Waals surface area contributed by atoms with Crippen molar-refractivity contribution in [2.45, 2.75) is 18.2 Å². The van der Waals surface area contributed by atoms with E-state index in [-0.39, 0.29) is 29.7 Å². The van der Waals surface area contributed by atoms with Gasteiger partial charge in [0, 0.05) is 16.1 Å². The van der Waals surface area contributed by atoms with E-state index in [1.807, 2.05) is 55.5 Å². The Morgan fingerprint density at radius 3 is 2.27 bits per heavy atom. The van der Waals surface area contributed by atoms with Gasteiger partial charge in [0.05, 0.1) is 17.9 Å². The highest BCUT2D eigenvalue weighted by atomic mass is 32.2. The zero-order valence-electron chi connectivity index (χ0n) is 23.8. The Bertz CT molecular complexity index is 1740. The van der Waals surface area contributed by atoms with Crippen molar-refractivity contribution in [1.82, 2.24) is 10.6 Å². The number of hydrazone groups is 1. The molecular formula is C34H29N5O4S. The first-order chi connectivity index (χ1) is 21.3. The summed E-state index contributed by atoms with van der Waals surface area (Å²) >= 11 is 1.31. The predicted octanol–water partition coefficient (Wildman–Crippen LogP) is 5.36. The van der Waals surface area contributed by atoms with Gasteiger partial charge >= 0.3 is 0 Å². The van der Waals surface area contributed by atoms with Crippen LogP contribution in [0.4, 0.5) is 11.4 Å². The van der Waals surface area contributed by atoms with Gasteiger partial charge in [-0.2, -0.15) is 10.1 Å². The molecule has 4 aromatic rings. The monoisotopic (exact) mass is 603 g/mol.